The number of nitrogens with one attached hydrogen (secondary N) is 4. The minimum atomic E-state index is -0.235. The van der Waals surface area contributed by atoms with Crippen LogP contribution in [-0.4, -0.2) is 31.1 Å². The van der Waals surface area contributed by atoms with E-state index in [1.54, 1.807) is 24.3 Å². The van der Waals surface area contributed by atoms with E-state index in [0.717, 1.165) is 31.6 Å². The van der Waals surface area contributed by atoms with Crippen LogP contribution in [0.15, 0.2) is 24.3 Å². The monoisotopic (exact) mass is 340 g/mol. The molecule has 1 aromatic rings. The standard InChI is InChI=1S/C16H24N4O2.ClH/c1-11(2)18-16(22)20-14-5-3-13(4-6-14)19-15(21)12-7-9-17-10-8-12;/h3-6,11-12,17H,7-10H2,1-2H3,(H,19,21)(H2,18,20,22);1H. The van der Waals surface area contributed by atoms with Crippen molar-refractivity contribution in [2.45, 2.75) is 32.7 Å². The van der Waals surface area contributed by atoms with Gasteiger partial charge in [0.05, 0.1) is 0 Å². The van der Waals surface area contributed by atoms with Crippen LogP contribution in [0, 0.1) is 5.92 Å². The molecule has 0 bridgehead atoms. The van der Waals surface area contributed by atoms with Gasteiger partial charge in [0, 0.05) is 23.3 Å². The van der Waals surface area contributed by atoms with E-state index in [-0.39, 0.29) is 36.3 Å². The van der Waals surface area contributed by atoms with Gasteiger partial charge in [-0.05, 0) is 64.0 Å². The fraction of sp³-hybridized carbons (Fsp3) is 0.500. The van der Waals surface area contributed by atoms with Crippen molar-refractivity contribution in [1.29, 1.82) is 0 Å². The molecule has 1 saturated heterocycles. The van der Waals surface area contributed by atoms with Gasteiger partial charge in [-0.3, -0.25) is 4.79 Å². The van der Waals surface area contributed by atoms with E-state index in [4.69, 9.17) is 0 Å². The number of hydrogen-bond donors (Lipinski definition) is 4. The van der Waals surface area contributed by atoms with Gasteiger partial charge in [0.2, 0.25) is 5.91 Å². The highest BCUT2D eigenvalue weighted by Crippen LogP contribution is 2.17. The first kappa shape index (κ1) is 19.3. The summed E-state index contributed by atoms with van der Waals surface area (Å²) >= 11 is 0. The van der Waals surface area contributed by atoms with E-state index in [2.05, 4.69) is 21.3 Å². The van der Waals surface area contributed by atoms with Crippen LogP contribution < -0.4 is 21.3 Å². The molecule has 2 rings (SSSR count). The average molecular weight is 341 g/mol. The molecule has 6 nitrogen and oxygen atoms in total. The van der Waals surface area contributed by atoms with Gasteiger partial charge in [0.25, 0.3) is 0 Å². The molecular weight excluding hydrogens is 316 g/mol. The number of urea groups is 1. The number of carbonyl (C=O) groups is 2. The second-order valence-corrected chi connectivity index (χ2v) is 5.84. The van der Waals surface area contributed by atoms with Crippen LogP contribution in [0.2, 0.25) is 0 Å². The second-order valence-electron chi connectivity index (χ2n) is 5.84. The summed E-state index contributed by atoms with van der Waals surface area (Å²) in [4.78, 5) is 23.7. The highest BCUT2D eigenvalue weighted by atomic mass is 35.5. The van der Waals surface area contributed by atoms with E-state index < -0.39 is 0 Å². The third kappa shape index (κ3) is 6.46. The maximum atomic E-state index is 12.1. The molecule has 4 N–H and O–H groups in total. The van der Waals surface area contributed by atoms with Crippen molar-refractivity contribution in [3.63, 3.8) is 0 Å². The molecule has 0 saturated carbocycles. The van der Waals surface area contributed by atoms with Crippen molar-refractivity contribution in [3.05, 3.63) is 24.3 Å². The molecule has 1 aliphatic heterocycles. The third-order valence-electron chi connectivity index (χ3n) is 3.54. The predicted molar refractivity (Wildman–Crippen MR) is 95.2 cm³/mol. The highest BCUT2D eigenvalue weighted by molar-refractivity contribution is 5.93. The van der Waals surface area contributed by atoms with Crippen LogP contribution in [0.25, 0.3) is 0 Å². The summed E-state index contributed by atoms with van der Waals surface area (Å²) in [5.74, 6) is 0.149. The number of hydrogen-bond acceptors (Lipinski definition) is 3. The lowest BCUT2D eigenvalue weighted by Gasteiger charge is -2.21. The van der Waals surface area contributed by atoms with Crippen LogP contribution in [0.4, 0.5) is 16.2 Å². The fourth-order valence-corrected chi connectivity index (χ4v) is 2.39. The van der Waals surface area contributed by atoms with E-state index in [0.29, 0.717) is 5.69 Å². The first-order chi connectivity index (χ1) is 10.5. The lowest BCUT2D eigenvalue weighted by molar-refractivity contribution is -0.120. The lowest BCUT2D eigenvalue weighted by Crippen LogP contribution is -2.34. The first-order valence-electron chi connectivity index (χ1n) is 7.74. The van der Waals surface area contributed by atoms with E-state index >= 15 is 0 Å². The van der Waals surface area contributed by atoms with E-state index in [9.17, 15) is 9.59 Å². The van der Waals surface area contributed by atoms with Crippen molar-refractivity contribution in [1.82, 2.24) is 10.6 Å². The van der Waals surface area contributed by atoms with Crippen molar-refractivity contribution in [2.24, 2.45) is 5.92 Å². The normalized spacial score (nSPS) is 14.7. The topological polar surface area (TPSA) is 82.3 Å². The molecule has 1 aromatic carbocycles. The molecule has 3 amide bonds. The van der Waals surface area contributed by atoms with Gasteiger partial charge >= 0.3 is 6.03 Å². The number of amides is 3. The molecular formula is C16H25ClN4O2. The molecule has 1 heterocycles. The summed E-state index contributed by atoms with van der Waals surface area (Å²) in [7, 11) is 0. The molecule has 128 valence electrons. The Hall–Kier alpha value is -1.79. The number of carbonyl (C=O) groups excluding carboxylic acids is 2. The zero-order chi connectivity index (χ0) is 15.9. The smallest absolute Gasteiger partial charge is 0.319 e. The number of rotatable bonds is 4. The minimum Gasteiger partial charge on any atom is -0.336 e. The Morgan fingerprint density at radius 2 is 1.57 bits per heavy atom. The number of piperidine rings is 1. The van der Waals surface area contributed by atoms with E-state index in [1.165, 1.54) is 0 Å². The molecule has 23 heavy (non-hydrogen) atoms. The van der Waals surface area contributed by atoms with Crippen LogP contribution in [-0.2, 0) is 4.79 Å². The second kappa shape index (κ2) is 9.37. The quantitative estimate of drug-likeness (QED) is 0.680. The van der Waals surface area contributed by atoms with Crippen molar-refractivity contribution < 1.29 is 9.59 Å². The molecule has 0 aliphatic carbocycles. The Morgan fingerprint density at radius 1 is 1.04 bits per heavy atom. The van der Waals surface area contributed by atoms with Gasteiger partial charge in [-0.1, -0.05) is 0 Å². The van der Waals surface area contributed by atoms with Crippen LogP contribution in [0.5, 0.6) is 0 Å². The van der Waals surface area contributed by atoms with Crippen LogP contribution in [0.1, 0.15) is 26.7 Å². The summed E-state index contributed by atoms with van der Waals surface area (Å²) in [5.41, 5.74) is 1.44. The number of benzene rings is 1. The van der Waals surface area contributed by atoms with E-state index in [1.807, 2.05) is 13.8 Å². The van der Waals surface area contributed by atoms with Gasteiger partial charge < -0.3 is 21.3 Å². The molecule has 7 heteroatoms. The fourth-order valence-electron chi connectivity index (χ4n) is 2.39. The lowest BCUT2D eigenvalue weighted by atomic mass is 9.97. The van der Waals surface area contributed by atoms with Gasteiger partial charge in [0.1, 0.15) is 0 Å². The minimum absolute atomic E-state index is 0. The van der Waals surface area contributed by atoms with Crippen molar-refractivity contribution in [2.75, 3.05) is 23.7 Å². The number of halogens is 1. The molecule has 0 aromatic heterocycles. The summed E-state index contributed by atoms with van der Waals surface area (Å²) < 4.78 is 0. The highest BCUT2D eigenvalue weighted by Gasteiger charge is 2.20. The Morgan fingerprint density at radius 3 is 2.09 bits per heavy atom. The van der Waals surface area contributed by atoms with Gasteiger partial charge in [0.15, 0.2) is 0 Å². The van der Waals surface area contributed by atoms with Crippen LogP contribution in [0.3, 0.4) is 0 Å². The van der Waals surface area contributed by atoms with Gasteiger partial charge in [-0.15, -0.1) is 12.4 Å². The largest absolute Gasteiger partial charge is 0.336 e. The Labute approximate surface area is 143 Å². The number of anilines is 2. The van der Waals surface area contributed by atoms with Crippen LogP contribution >= 0.6 is 12.4 Å². The molecule has 0 unspecified atom stereocenters. The maximum absolute atomic E-state index is 12.1. The Kier molecular flexibility index (Phi) is 7.85. The summed E-state index contributed by atoms with van der Waals surface area (Å²) in [6.07, 6.45) is 1.75. The van der Waals surface area contributed by atoms with Crippen molar-refractivity contribution >= 4 is 35.7 Å². The molecule has 0 radical (unpaired) electrons. The molecule has 0 spiro atoms. The van der Waals surface area contributed by atoms with Crippen molar-refractivity contribution in [3.8, 4) is 0 Å². The molecule has 1 aliphatic rings. The predicted octanol–water partition coefficient (Wildman–Crippen LogP) is 2.58. The zero-order valence-corrected chi connectivity index (χ0v) is 14.3. The third-order valence-corrected chi connectivity index (χ3v) is 3.54. The first-order valence-corrected chi connectivity index (χ1v) is 7.74. The Balaban J connectivity index is 0.00000264. The summed E-state index contributed by atoms with van der Waals surface area (Å²) in [6.45, 7) is 5.59. The van der Waals surface area contributed by atoms with Gasteiger partial charge in [-0.25, -0.2) is 4.79 Å². The molecule has 0 atom stereocenters. The SMILES string of the molecule is CC(C)NC(=O)Nc1ccc(NC(=O)C2CCNCC2)cc1.Cl. The molecule has 1 fully saturated rings. The average Bonchev–Trinajstić information content (AvgIpc) is 2.49. The summed E-state index contributed by atoms with van der Waals surface area (Å²) in [5, 5.41) is 11.7. The summed E-state index contributed by atoms with van der Waals surface area (Å²) in [6, 6.07) is 6.99. The zero-order valence-electron chi connectivity index (χ0n) is 13.5. The maximum Gasteiger partial charge on any atom is 0.319 e. The van der Waals surface area contributed by atoms with Gasteiger partial charge in [-0.2, -0.15) is 0 Å². The Bertz CT molecular complexity index is 513.